The number of hydrogen-bond donors (Lipinski definition) is 1. The van der Waals surface area contributed by atoms with Gasteiger partial charge in [0.25, 0.3) is 0 Å². The second kappa shape index (κ2) is 5.08. The second-order valence-electron chi connectivity index (χ2n) is 7.23. The van der Waals surface area contributed by atoms with Gasteiger partial charge in [-0.25, -0.2) is 4.79 Å². The number of carbonyl (C=O) groups excluding carboxylic acids is 1. The Balaban J connectivity index is 2.58. The van der Waals surface area contributed by atoms with Crippen molar-refractivity contribution in [2.75, 3.05) is 13.6 Å². The fraction of sp³-hybridized carbons (Fsp3) is 0.929. The molecular formula is C14H28N2O2. The first-order valence-electron chi connectivity index (χ1n) is 6.71. The van der Waals surface area contributed by atoms with Crippen LogP contribution in [-0.4, -0.2) is 36.2 Å². The zero-order chi connectivity index (χ0) is 14.1. The van der Waals surface area contributed by atoms with E-state index in [0.717, 1.165) is 12.8 Å². The highest BCUT2D eigenvalue weighted by Crippen LogP contribution is 2.47. The second-order valence-corrected chi connectivity index (χ2v) is 7.23. The summed E-state index contributed by atoms with van der Waals surface area (Å²) in [7, 11) is 1.79. The van der Waals surface area contributed by atoms with Crippen LogP contribution >= 0.6 is 0 Å². The summed E-state index contributed by atoms with van der Waals surface area (Å²) in [5.74, 6) is 0.502. The molecular weight excluding hydrogens is 228 g/mol. The minimum Gasteiger partial charge on any atom is -0.444 e. The zero-order valence-corrected chi connectivity index (χ0v) is 12.6. The monoisotopic (exact) mass is 256 g/mol. The van der Waals surface area contributed by atoms with Gasteiger partial charge < -0.3 is 15.4 Å². The van der Waals surface area contributed by atoms with Gasteiger partial charge in [-0.05, 0) is 44.9 Å². The van der Waals surface area contributed by atoms with Crippen molar-refractivity contribution in [2.24, 2.45) is 17.1 Å². The molecule has 0 aromatic rings. The van der Waals surface area contributed by atoms with E-state index in [-0.39, 0.29) is 12.1 Å². The molecule has 106 valence electrons. The van der Waals surface area contributed by atoms with Gasteiger partial charge in [0.15, 0.2) is 0 Å². The molecule has 0 aromatic heterocycles. The Labute approximate surface area is 111 Å². The lowest BCUT2D eigenvalue weighted by Gasteiger charge is -2.48. The van der Waals surface area contributed by atoms with Gasteiger partial charge >= 0.3 is 6.09 Å². The molecule has 1 aliphatic carbocycles. The minimum atomic E-state index is -0.455. The number of hydrogen-bond acceptors (Lipinski definition) is 3. The molecule has 0 aliphatic heterocycles. The van der Waals surface area contributed by atoms with Crippen LogP contribution in [0.5, 0.6) is 0 Å². The molecule has 1 rings (SSSR count). The maximum atomic E-state index is 12.0. The lowest BCUT2D eigenvalue weighted by molar-refractivity contribution is -0.00817. The van der Waals surface area contributed by atoms with Crippen molar-refractivity contribution in [3.05, 3.63) is 0 Å². The molecule has 18 heavy (non-hydrogen) atoms. The maximum Gasteiger partial charge on any atom is 0.410 e. The molecule has 0 spiro atoms. The van der Waals surface area contributed by atoms with E-state index in [4.69, 9.17) is 10.5 Å². The van der Waals surface area contributed by atoms with Gasteiger partial charge in [0.2, 0.25) is 0 Å². The van der Waals surface area contributed by atoms with Crippen LogP contribution in [0.25, 0.3) is 0 Å². The van der Waals surface area contributed by atoms with Crippen molar-refractivity contribution in [3.8, 4) is 0 Å². The standard InChI is InChI=1S/C14H28N2O2/c1-13(2,3)18-12(17)16(6)11(9-15)10-7-14(4,5)8-10/h10-11H,7-9,15H2,1-6H3. The number of ether oxygens (including phenoxy) is 1. The number of carbonyl (C=O) groups is 1. The Bertz CT molecular complexity index is 299. The van der Waals surface area contributed by atoms with Gasteiger partial charge in [-0.15, -0.1) is 0 Å². The number of rotatable bonds is 3. The molecule has 0 bridgehead atoms. The Morgan fingerprint density at radius 3 is 2.28 bits per heavy atom. The maximum absolute atomic E-state index is 12.0. The first-order chi connectivity index (χ1) is 8.06. The molecule has 0 heterocycles. The summed E-state index contributed by atoms with van der Waals surface area (Å²) in [4.78, 5) is 13.7. The number of nitrogens with two attached hydrogens (primary N) is 1. The van der Waals surface area contributed by atoms with E-state index < -0.39 is 5.60 Å². The van der Waals surface area contributed by atoms with E-state index in [1.807, 2.05) is 20.8 Å². The van der Waals surface area contributed by atoms with Crippen molar-refractivity contribution in [1.29, 1.82) is 0 Å². The summed E-state index contributed by atoms with van der Waals surface area (Å²) in [5, 5.41) is 0. The first-order valence-corrected chi connectivity index (χ1v) is 6.71. The van der Waals surface area contributed by atoms with E-state index in [9.17, 15) is 4.79 Å². The smallest absolute Gasteiger partial charge is 0.410 e. The normalized spacial score (nSPS) is 21.1. The third kappa shape index (κ3) is 3.87. The zero-order valence-electron chi connectivity index (χ0n) is 12.6. The van der Waals surface area contributed by atoms with Crippen molar-refractivity contribution < 1.29 is 9.53 Å². The van der Waals surface area contributed by atoms with Gasteiger partial charge in [-0.2, -0.15) is 0 Å². The van der Waals surface area contributed by atoms with Gasteiger partial charge in [0, 0.05) is 19.6 Å². The molecule has 1 unspecified atom stereocenters. The fourth-order valence-corrected chi connectivity index (χ4v) is 2.77. The van der Waals surface area contributed by atoms with Crippen LogP contribution in [0.15, 0.2) is 0 Å². The third-order valence-electron chi connectivity index (χ3n) is 3.59. The lowest BCUT2D eigenvalue weighted by atomic mass is 9.62. The van der Waals surface area contributed by atoms with Crippen molar-refractivity contribution in [3.63, 3.8) is 0 Å². The summed E-state index contributed by atoms with van der Waals surface area (Å²) in [5.41, 5.74) is 5.77. The van der Waals surface area contributed by atoms with E-state index in [1.54, 1.807) is 11.9 Å². The highest BCUT2D eigenvalue weighted by Gasteiger charge is 2.42. The quantitative estimate of drug-likeness (QED) is 0.844. The summed E-state index contributed by atoms with van der Waals surface area (Å²) in [6.45, 7) is 10.6. The Morgan fingerprint density at radius 2 is 1.94 bits per heavy atom. The Kier molecular flexibility index (Phi) is 4.31. The van der Waals surface area contributed by atoms with E-state index in [0.29, 0.717) is 17.9 Å². The average Bonchev–Trinajstić information content (AvgIpc) is 2.13. The summed E-state index contributed by atoms with van der Waals surface area (Å²) < 4.78 is 5.38. The van der Waals surface area contributed by atoms with Gasteiger partial charge in [0.1, 0.15) is 5.60 Å². The van der Waals surface area contributed by atoms with Crippen molar-refractivity contribution in [1.82, 2.24) is 4.90 Å². The van der Waals surface area contributed by atoms with Crippen LogP contribution in [0.1, 0.15) is 47.5 Å². The largest absolute Gasteiger partial charge is 0.444 e. The predicted molar refractivity (Wildman–Crippen MR) is 73.3 cm³/mol. The number of amides is 1. The third-order valence-corrected chi connectivity index (χ3v) is 3.59. The molecule has 1 saturated carbocycles. The van der Waals surface area contributed by atoms with Crippen LogP contribution in [0.3, 0.4) is 0 Å². The van der Waals surface area contributed by atoms with E-state index in [1.165, 1.54) is 0 Å². The highest BCUT2D eigenvalue weighted by molar-refractivity contribution is 5.68. The topological polar surface area (TPSA) is 55.6 Å². The molecule has 1 fully saturated rings. The van der Waals surface area contributed by atoms with Gasteiger partial charge in [-0.1, -0.05) is 13.8 Å². The molecule has 1 amide bonds. The molecule has 1 atom stereocenters. The van der Waals surface area contributed by atoms with E-state index in [2.05, 4.69) is 13.8 Å². The summed E-state index contributed by atoms with van der Waals surface area (Å²) in [6, 6.07) is 0.0906. The van der Waals surface area contributed by atoms with Crippen molar-refractivity contribution in [2.45, 2.75) is 59.1 Å². The van der Waals surface area contributed by atoms with Crippen LogP contribution in [0.4, 0.5) is 4.79 Å². The van der Waals surface area contributed by atoms with Crippen molar-refractivity contribution >= 4 is 6.09 Å². The fourth-order valence-electron chi connectivity index (χ4n) is 2.77. The molecule has 0 saturated heterocycles. The van der Waals surface area contributed by atoms with Crippen LogP contribution in [0.2, 0.25) is 0 Å². The summed E-state index contributed by atoms with van der Waals surface area (Å²) >= 11 is 0. The SMILES string of the molecule is CN(C(=O)OC(C)(C)C)C(CN)C1CC(C)(C)C1. The average molecular weight is 256 g/mol. The molecule has 0 aromatic carbocycles. The highest BCUT2D eigenvalue weighted by atomic mass is 16.6. The number of nitrogens with zero attached hydrogens (tertiary/aromatic N) is 1. The first kappa shape index (κ1) is 15.3. The minimum absolute atomic E-state index is 0.0906. The predicted octanol–water partition coefficient (Wildman–Crippen LogP) is 2.62. The molecule has 4 heteroatoms. The molecule has 2 N–H and O–H groups in total. The van der Waals surface area contributed by atoms with Gasteiger partial charge in [-0.3, -0.25) is 0 Å². The van der Waals surface area contributed by atoms with Crippen LogP contribution < -0.4 is 5.73 Å². The number of likely N-dealkylation sites (N-methyl/N-ethyl adjacent to an activating group) is 1. The van der Waals surface area contributed by atoms with E-state index >= 15 is 0 Å². The molecule has 0 radical (unpaired) electrons. The summed E-state index contributed by atoms with van der Waals surface area (Å²) in [6.07, 6.45) is 1.98. The molecule has 4 nitrogen and oxygen atoms in total. The van der Waals surface area contributed by atoms with Gasteiger partial charge in [0.05, 0.1) is 0 Å². The van der Waals surface area contributed by atoms with Crippen LogP contribution in [-0.2, 0) is 4.74 Å². The van der Waals surface area contributed by atoms with Crippen LogP contribution in [0, 0.1) is 11.3 Å². The Hall–Kier alpha value is -0.770. The lowest BCUT2D eigenvalue weighted by Crippen LogP contribution is -2.53. The Morgan fingerprint density at radius 1 is 1.44 bits per heavy atom. The molecule has 1 aliphatic rings.